The molecule has 1 aromatic rings. The SMILES string of the molecule is CCCC(=O)Oc1ccccc1.NCC(=O)O. The molecule has 0 saturated carbocycles. The van der Waals surface area contributed by atoms with Crippen molar-refractivity contribution in [1.82, 2.24) is 0 Å². The number of carboxylic acids is 1. The van der Waals surface area contributed by atoms with Gasteiger partial charge < -0.3 is 15.6 Å². The second-order valence-corrected chi connectivity index (χ2v) is 3.13. The van der Waals surface area contributed by atoms with Gasteiger partial charge in [-0.3, -0.25) is 9.59 Å². The molecule has 1 rings (SSSR count). The highest BCUT2D eigenvalue weighted by atomic mass is 16.5. The van der Waals surface area contributed by atoms with Gasteiger partial charge in [-0.25, -0.2) is 0 Å². The van der Waals surface area contributed by atoms with Crippen LogP contribution in [0.15, 0.2) is 30.3 Å². The lowest BCUT2D eigenvalue weighted by atomic mass is 10.3. The molecule has 0 amide bonds. The average Bonchev–Trinajstić information content (AvgIpc) is 2.31. The fourth-order valence-electron chi connectivity index (χ4n) is 0.875. The number of para-hydroxylation sites is 1. The highest BCUT2D eigenvalue weighted by Crippen LogP contribution is 2.09. The van der Waals surface area contributed by atoms with Gasteiger partial charge in [0.1, 0.15) is 5.75 Å². The van der Waals surface area contributed by atoms with Gasteiger partial charge in [-0.05, 0) is 18.6 Å². The maximum absolute atomic E-state index is 11.0. The summed E-state index contributed by atoms with van der Waals surface area (Å²) >= 11 is 0. The molecule has 94 valence electrons. The zero-order valence-corrected chi connectivity index (χ0v) is 9.76. The van der Waals surface area contributed by atoms with Gasteiger partial charge in [-0.2, -0.15) is 0 Å². The fourth-order valence-corrected chi connectivity index (χ4v) is 0.875. The number of aliphatic carboxylic acids is 1. The van der Waals surface area contributed by atoms with Crippen molar-refractivity contribution in [3.8, 4) is 5.75 Å². The lowest BCUT2D eigenvalue weighted by Crippen LogP contribution is -2.10. The Morgan fingerprint density at radius 2 is 1.82 bits per heavy atom. The maximum atomic E-state index is 11.0. The van der Waals surface area contributed by atoms with Crippen LogP contribution in [0.25, 0.3) is 0 Å². The van der Waals surface area contributed by atoms with E-state index in [2.05, 4.69) is 5.73 Å². The lowest BCUT2D eigenvalue weighted by molar-refractivity contribution is -0.135. The van der Waals surface area contributed by atoms with Crippen LogP contribution >= 0.6 is 0 Å². The largest absolute Gasteiger partial charge is 0.480 e. The van der Waals surface area contributed by atoms with Crippen LogP contribution in [0.2, 0.25) is 0 Å². The molecule has 0 bridgehead atoms. The molecule has 0 heterocycles. The minimum absolute atomic E-state index is 0.163. The smallest absolute Gasteiger partial charge is 0.317 e. The van der Waals surface area contributed by atoms with E-state index >= 15 is 0 Å². The fraction of sp³-hybridized carbons (Fsp3) is 0.333. The first kappa shape index (κ1) is 15.1. The number of carbonyl (C=O) groups excluding carboxylic acids is 1. The number of esters is 1. The molecule has 5 nitrogen and oxygen atoms in total. The Morgan fingerprint density at radius 1 is 1.29 bits per heavy atom. The number of hydrogen-bond acceptors (Lipinski definition) is 4. The van der Waals surface area contributed by atoms with Crippen molar-refractivity contribution in [2.45, 2.75) is 19.8 Å². The quantitative estimate of drug-likeness (QED) is 0.612. The number of carboxylic acid groups (broad SMARTS) is 1. The molecule has 0 aliphatic rings. The van der Waals surface area contributed by atoms with Gasteiger partial charge in [0.05, 0.1) is 6.54 Å². The van der Waals surface area contributed by atoms with Crippen molar-refractivity contribution < 1.29 is 19.4 Å². The Morgan fingerprint density at radius 3 is 2.24 bits per heavy atom. The Kier molecular flexibility index (Phi) is 8.32. The van der Waals surface area contributed by atoms with Crippen molar-refractivity contribution in [3.05, 3.63) is 30.3 Å². The normalized spacial score (nSPS) is 8.82. The Hall–Kier alpha value is -1.88. The molecule has 0 fully saturated rings. The summed E-state index contributed by atoms with van der Waals surface area (Å²) in [5, 5.41) is 7.60. The first-order valence-electron chi connectivity index (χ1n) is 5.27. The van der Waals surface area contributed by atoms with E-state index in [1.54, 1.807) is 12.1 Å². The number of benzene rings is 1. The van der Waals surface area contributed by atoms with Crippen molar-refractivity contribution >= 4 is 11.9 Å². The molecular formula is C12H17NO4. The lowest BCUT2D eigenvalue weighted by Gasteiger charge is -2.01. The van der Waals surface area contributed by atoms with Gasteiger partial charge in [0.25, 0.3) is 0 Å². The van der Waals surface area contributed by atoms with E-state index in [9.17, 15) is 9.59 Å². The molecule has 0 aliphatic heterocycles. The van der Waals surface area contributed by atoms with E-state index in [1.807, 2.05) is 25.1 Å². The first-order chi connectivity index (χ1) is 8.10. The summed E-state index contributed by atoms with van der Waals surface area (Å²) in [5.74, 6) is -0.510. The highest BCUT2D eigenvalue weighted by Gasteiger charge is 2.00. The summed E-state index contributed by atoms with van der Waals surface area (Å²) in [6.45, 7) is 1.67. The predicted octanol–water partition coefficient (Wildman–Crippen LogP) is 1.42. The Balaban J connectivity index is 0.000000437. The van der Waals surface area contributed by atoms with Crippen molar-refractivity contribution in [3.63, 3.8) is 0 Å². The van der Waals surface area contributed by atoms with E-state index in [1.165, 1.54) is 0 Å². The van der Waals surface area contributed by atoms with Gasteiger partial charge in [0.2, 0.25) is 0 Å². The molecule has 5 heteroatoms. The molecule has 1 aromatic carbocycles. The van der Waals surface area contributed by atoms with E-state index in [4.69, 9.17) is 9.84 Å². The van der Waals surface area contributed by atoms with Crippen LogP contribution in [0.3, 0.4) is 0 Å². The number of nitrogens with two attached hydrogens (primary N) is 1. The van der Waals surface area contributed by atoms with E-state index in [-0.39, 0.29) is 12.5 Å². The second-order valence-electron chi connectivity index (χ2n) is 3.13. The average molecular weight is 239 g/mol. The zero-order chi connectivity index (χ0) is 13.1. The molecule has 0 aliphatic carbocycles. The number of hydrogen-bond donors (Lipinski definition) is 2. The van der Waals surface area contributed by atoms with Crippen LogP contribution in [0.4, 0.5) is 0 Å². The minimum Gasteiger partial charge on any atom is -0.480 e. The minimum atomic E-state index is -0.968. The third kappa shape index (κ3) is 9.07. The molecular weight excluding hydrogens is 222 g/mol. The number of carbonyl (C=O) groups is 2. The molecule has 17 heavy (non-hydrogen) atoms. The third-order valence-electron chi connectivity index (χ3n) is 1.60. The van der Waals surface area contributed by atoms with Crippen LogP contribution in [-0.2, 0) is 9.59 Å². The van der Waals surface area contributed by atoms with Gasteiger partial charge in [-0.15, -0.1) is 0 Å². The van der Waals surface area contributed by atoms with E-state index in [0.717, 1.165) is 6.42 Å². The van der Waals surface area contributed by atoms with E-state index < -0.39 is 5.97 Å². The van der Waals surface area contributed by atoms with Crippen LogP contribution in [-0.4, -0.2) is 23.6 Å². The molecule has 0 atom stereocenters. The molecule has 0 aromatic heterocycles. The Labute approximate surface area is 100 Å². The molecule has 0 unspecified atom stereocenters. The summed E-state index contributed by atoms with van der Waals surface area (Å²) in [4.78, 5) is 20.2. The van der Waals surface area contributed by atoms with Crippen molar-refractivity contribution in [2.75, 3.05) is 6.54 Å². The molecule has 0 saturated heterocycles. The summed E-state index contributed by atoms with van der Waals surface area (Å²) in [6.07, 6.45) is 1.31. The first-order valence-corrected chi connectivity index (χ1v) is 5.27. The molecule has 3 N–H and O–H groups in total. The van der Waals surface area contributed by atoms with Gasteiger partial charge in [0.15, 0.2) is 0 Å². The summed E-state index contributed by atoms with van der Waals surface area (Å²) < 4.78 is 5.02. The van der Waals surface area contributed by atoms with Gasteiger partial charge >= 0.3 is 11.9 Å². The molecule has 0 spiro atoms. The van der Waals surface area contributed by atoms with Crippen LogP contribution in [0.5, 0.6) is 5.75 Å². The number of ether oxygens (including phenoxy) is 1. The van der Waals surface area contributed by atoms with Gasteiger partial charge in [-0.1, -0.05) is 25.1 Å². The van der Waals surface area contributed by atoms with Crippen LogP contribution < -0.4 is 10.5 Å². The topological polar surface area (TPSA) is 89.6 Å². The second kappa shape index (κ2) is 9.35. The monoisotopic (exact) mass is 239 g/mol. The number of rotatable bonds is 4. The zero-order valence-electron chi connectivity index (χ0n) is 9.76. The third-order valence-corrected chi connectivity index (χ3v) is 1.60. The predicted molar refractivity (Wildman–Crippen MR) is 63.7 cm³/mol. The van der Waals surface area contributed by atoms with E-state index in [0.29, 0.717) is 12.2 Å². The van der Waals surface area contributed by atoms with Crippen molar-refractivity contribution in [1.29, 1.82) is 0 Å². The summed E-state index contributed by atoms with van der Waals surface area (Å²) in [5.41, 5.74) is 4.57. The van der Waals surface area contributed by atoms with Crippen LogP contribution in [0.1, 0.15) is 19.8 Å². The summed E-state index contributed by atoms with van der Waals surface area (Å²) in [7, 11) is 0. The van der Waals surface area contributed by atoms with Gasteiger partial charge in [0, 0.05) is 6.42 Å². The maximum Gasteiger partial charge on any atom is 0.317 e. The summed E-state index contributed by atoms with van der Waals surface area (Å²) in [6, 6.07) is 9.11. The van der Waals surface area contributed by atoms with Crippen LogP contribution in [0, 0.1) is 0 Å². The standard InChI is InChI=1S/C10H12O2.C2H5NO2/c1-2-6-10(11)12-9-7-4-3-5-8-9;3-1-2(4)5/h3-5,7-8H,2,6H2,1H3;1,3H2,(H,4,5). The molecule has 0 radical (unpaired) electrons. The Bertz CT molecular complexity index is 338. The highest BCUT2D eigenvalue weighted by molar-refractivity contribution is 5.72. The van der Waals surface area contributed by atoms with Crippen molar-refractivity contribution in [2.24, 2.45) is 5.73 Å².